The fourth-order valence-electron chi connectivity index (χ4n) is 2.53. The second-order valence-electron chi connectivity index (χ2n) is 5.82. The first-order valence-corrected chi connectivity index (χ1v) is 10.6. The number of thioether (sulfide) groups is 1. The van der Waals surface area contributed by atoms with Gasteiger partial charge in [0.2, 0.25) is 5.91 Å². The van der Waals surface area contributed by atoms with Crippen molar-refractivity contribution in [2.24, 2.45) is 0 Å². The molecule has 0 unspecified atom stereocenters. The Bertz CT molecular complexity index is 927. The monoisotopic (exact) mass is 416 g/mol. The van der Waals surface area contributed by atoms with E-state index < -0.39 is 0 Å². The molecule has 0 saturated heterocycles. The highest BCUT2D eigenvalue weighted by Crippen LogP contribution is 2.21. The van der Waals surface area contributed by atoms with Crippen LogP contribution >= 0.6 is 23.1 Å². The highest BCUT2D eigenvalue weighted by Gasteiger charge is 2.20. The minimum atomic E-state index is -0.321. The summed E-state index contributed by atoms with van der Waals surface area (Å²) in [6, 6.07) is 8.70. The molecule has 3 aromatic rings. The van der Waals surface area contributed by atoms with Crippen LogP contribution in [-0.2, 0) is 11.3 Å². The van der Waals surface area contributed by atoms with Crippen LogP contribution in [0.15, 0.2) is 47.1 Å². The molecule has 0 radical (unpaired) electrons. The summed E-state index contributed by atoms with van der Waals surface area (Å²) in [7, 11) is 0. The molecule has 8 nitrogen and oxygen atoms in total. The largest absolute Gasteiger partial charge is 0.342 e. The van der Waals surface area contributed by atoms with Gasteiger partial charge in [0.25, 0.3) is 5.91 Å². The Labute approximate surface area is 170 Å². The van der Waals surface area contributed by atoms with Crippen LogP contribution in [-0.4, -0.2) is 37.3 Å². The normalized spacial score (nSPS) is 11.8. The van der Waals surface area contributed by atoms with Crippen LogP contribution in [0.25, 0.3) is 0 Å². The van der Waals surface area contributed by atoms with Crippen molar-refractivity contribution in [3.63, 3.8) is 0 Å². The number of nitrogens with one attached hydrogen (secondary N) is 2. The fraction of sp³-hybridized carbons (Fsp3) is 0.278. The van der Waals surface area contributed by atoms with Gasteiger partial charge in [-0.2, -0.15) is 0 Å². The zero-order valence-electron chi connectivity index (χ0n) is 15.5. The number of hydrogen-bond donors (Lipinski definition) is 2. The third-order valence-corrected chi connectivity index (χ3v) is 5.50. The molecular formula is C18H20N6O2S2. The lowest BCUT2D eigenvalue weighted by molar-refractivity contribution is -0.113. The number of hydrogen-bond acceptors (Lipinski definition) is 7. The van der Waals surface area contributed by atoms with E-state index in [-0.39, 0.29) is 23.6 Å². The third kappa shape index (κ3) is 4.96. The number of anilines is 1. The van der Waals surface area contributed by atoms with E-state index in [1.54, 1.807) is 23.7 Å². The average Bonchev–Trinajstić information content (AvgIpc) is 3.36. The first-order chi connectivity index (χ1) is 13.6. The van der Waals surface area contributed by atoms with Gasteiger partial charge in [-0.15, -0.1) is 21.5 Å². The van der Waals surface area contributed by atoms with Gasteiger partial charge in [-0.1, -0.05) is 30.0 Å². The second kappa shape index (κ2) is 9.47. The van der Waals surface area contributed by atoms with Crippen LogP contribution in [0.5, 0.6) is 0 Å². The lowest BCUT2D eigenvalue weighted by Crippen LogP contribution is -2.28. The Morgan fingerprint density at radius 3 is 2.71 bits per heavy atom. The molecule has 0 saturated carbocycles. The SMILES string of the molecule is CCn1c(SCC(=O)Nc2nccs2)nnc1[C@@H](C)NC(=O)c1ccccc1. The average molecular weight is 417 g/mol. The zero-order valence-corrected chi connectivity index (χ0v) is 17.1. The Balaban J connectivity index is 1.62. The number of aromatic nitrogens is 4. The van der Waals surface area contributed by atoms with Crippen LogP contribution in [0.3, 0.4) is 0 Å². The summed E-state index contributed by atoms with van der Waals surface area (Å²) in [5, 5.41) is 17.1. The summed E-state index contributed by atoms with van der Waals surface area (Å²) in [4.78, 5) is 28.4. The van der Waals surface area contributed by atoms with Crippen molar-refractivity contribution in [2.45, 2.75) is 31.6 Å². The van der Waals surface area contributed by atoms with Crippen LogP contribution in [0.2, 0.25) is 0 Å². The number of rotatable bonds is 8. The first kappa shape index (κ1) is 20.0. The summed E-state index contributed by atoms with van der Waals surface area (Å²) < 4.78 is 1.90. The molecule has 2 N–H and O–H groups in total. The maximum Gasteiger partial charge on any atom is 0.251 e. The molecule has 10 heteroatoms. The van der Waals surface area contributed by atoms with E-state index in [1.165, 1.54) is 23.1 Å². The van der Waals surface area contributed by atoms with Gasteiger partial charge >= 0.3 is 0 Å². The van der Waals surface area contributed by atoms with Crippen LogP contribution in [0.4, 0.5) is 5.13 Å². The van der Waals surface area contributed by atoms with Crippen molar-refractivity contribution < 1.29 is 9.59 Å². The van der Waals surface area contributed by atoms with E-state index in [0.717, 1.165) is 0 Å². The van der Waals surface area contributed by atoms with E-state index >= 15 is 0 Å². The quantitative estimate of drug-likeness (QED) is 0.548. The molecule has 2 amide bonds. The van der Waals surface area contributed by atoms with Gasteiger partial charge in [0, 0.05) is 23.7 Å². The zero-order chi connectivity index (χ0) is 19.9. The van der Waals surface area contributed by atoms with E-state index in [0.29, 0.717) is 28.2 Å². The Hall–Kier alpha value is -2.72. The summed E-state index contributed by atoms with van der Waals surface area (Å²) in [6.07, 6.45) is 1.64. The summed E-state index contributed by atoms with van der Waals surface area (Å²) >= 11 is 2.66. The molecule has 0 aliphatic rings. The third-order valence-electron chi connectivity index (χ3n) is 3.84. The van der Waals surface area contributed by atoms with Crippen LogP contribution in [0.1, 0.15) is 36.1 Å². The molecule has 146 valence electrons. The molecule has 0 fully saturated rings. The van der Waals surface area contributed by atoms with E-state index in [1.807, 2.05) is 36.6 Å². The lowest BCUT2D eigenvalue weighted by atomic mass is 10.2. The molecule has 1 atom stereocenters. The molecule has 3 rings (SSSR count). The minimum absolute atomic E-state index is 0.155. The number of carbonyl (C=O) groups is 2. The molecule has 2 heterocycles. The number of carbonyl (C=O) groups excluding carboxylic acids is 2. The maximum absolute atomic E-state index is 12.4. The van der Waals surface area contributed by atoms with Crippen LogP contribution < -0.4 is 10.6 Å². The molecule has 0 aliphatic carbocycles. The van der Waals surface area contributed by atoms with Gasteiger partial charge in [-0.25, -0.2) is 4.98 Å². The summed E-state index contributed by atoms with van der Waals surface area (Å²) in [5.41, 5.74) is 0.588. The molecule has 2 aromatic heterocycles. The summed E-state index contributed by atoms with van der Waals surface area (Å²) in [5.74, 6) is 0.519. The Morgan fingerprint density at radius 1 is 1.25 bits per heavy atom. The Morgan fingerprint density at radius 2 is 2.04 bits per heavy atom. The van der Waals surface area contributed by atoms with Gasteiger partial charge in [0.15, 0.2) is 16.1 Å². The number of thiazole rings is 1. The van der Waals surface area contributed by atoms with Crippen LogP contribution in [0, 0.1) is 0 Å². The van der Waals surface area contributed by atoms with E-state index in [2.05, 4.69) is 25.8 Å². The molecular weight excluding hydrogens is 396 g/mol. The standard InChI is InChI=1S/C18H20N6O2S2/c1-3-24-15(12(2)20-16(26)13-7-5-4-6-8-13)22-23-18(24)28-11-14(25)21-17-19-9-10-27-17/h4-10,12H,3,11H2,1-2H3,(H,20,26)(H,19,21,25)/t12-/m1/s1. The molecule has 1 aromatic carbocycles. The molecule has 0 bridgehead atoms. The number of benzene rings is 1. The highest BCUT2D eigenvalue weighted by molar-refractivity contribution is 7.99. The predicted molar refractivity (Wildman–Crippen MR) is 109 cm³/mol. The topological polar surface area (TPSA) is 102 Å². The van der Waals surface area contributed by atoms with Crippen molar-refractivity contribution in [3.05, 3.63) is 53.3 Å². The van der Waals surface area contributed by atoms with E-state index in [4.69, 9.17) is 0 Å². The van der Waals surface area contributed by atoms with Crippen molar-refractivity contribution in [1.82, 2.24) is 25.1 Å². The molecule has 0 spiro atoms. The fourth-order valence-corrected chi connectivity index (χ4v) is 3.88. The maximum atomic E-state index is 12.4. The van der Waals surface area contributed by atoms with Gasteiger partial charge in [-0.3, -0.25) is 9.59 Å². The number of nitrogens with zero attached hydrogens (tertiary/aromatic N) is 4. The lowest BCUT2D eigenvalue weighted by Gasteiger charge is -2.15. The number of amides is 2. The smallest absolute Gasteiger partial charge is 0.251 e. The molecule has 28 heavy (non-hydrogen) atoms. The van der Waals surface area contributed by atoms with Crippen molar-refractivity contribution in [2.75, 3.05) is 11.1 Å². The van der Waals surface area contributed by atoms with Crippen molar-refractivity contribution >= 4 is 40.0 Å². The minimum Gasteiger partial charge on any atom is -0.342 e. The van der Waals surface area contributed by atoms with Gasteiger partial charge in [0.1, 0.15) is 0 Å². The van der Waals surface area contributed by atoms with Crippen molar-refractivity contribution in [1.29, 1.82) is 0 Å². The highest BCUT2D eigenvalue weighted by atomic mass is 32.2. The second-order valence-corrected chi connectivity index (χ2v) is 7.66. The van der Waals surface area contributed by atoms with Gasteiger partial charge in [-0.05, 0) is 26.0 Å². The summed E-state index contributed by atoms with van der Waals surface area (Å²) in [6.45, 7) is 4.46. The molecule has 0 aliphatic heterocycles. The van der Waals surface area contributed by atoms with Gasteiger partial charge in [0.05, 0.1) is 11.8 Å². The van der Waals surface area contributed by atoms with Gasteiger partial charge < -0.3 is 15.2 Å². The van der Waals surface area contributed by atoms with E-state index in [9.17, 15) is 9.59 Å². The Kier molecular flexibility index (Phi) is 6.77. The first-order valence-electron chi connectivity index (χ1n) is 8.69. The predicted octanol–water partition coefficient (Wildman–Crippen LogP) is 2.98. The van der Waals surface area contributed by atoms with Crippen molar-refractivity contribution in [3.8, 4) is 0 Å².